The zero-order chi connectivity index (χ0) is 15.4. The lowest BCUT2D eigenvalue weighted by atomic mass is 10.2. The number of aromatic nitrogens is 2. The van der Waals surface area contributed by atoms with Gasteiger partial charge in [0.2, 0.25) is 0 Å². The quantitative estimate of drug-likeness (QED) is 0.772. The third-order valence-corrected chi connectivity index (χ3v) is 3.23. The topological polar surface area (TPSA) is 53.3 Å². The Kier molecular flexibility index (Phi) is 4.95. The number of carbonyl (C=O) groups is 1. The van der Waals surface area contributed by atoms with E-state index in [1.54, 1.807) is 20.0 Å². The molecule has 1 heterocycles. The average Bonchev–Trinajstić information content (AvgIpc) is 2.77. The highest BCUT2D eigenvalue weighted by atomic mass is 79.9. The minimum atomic E-state index is -0.454. The summed E-state index contributed by atoms with van der Waals surface area (Å²) in [7, 11) is 1.70. The molecule has 5 nitrogen and oxygen atoms in total. The molecule has 0 spiro atoms. The molecule has 7 heteroatoms. The van der Waals surface area contributed by atoms with Crippen LogP contribution in [0.2, 0.25) is 0 Å². The summed E-state index contributed by atoms with van der Waals surface area (Å²) in [6, 6.07) is 4.25. The molecule has 0 radical (unpaired) electrons. The van der Waals surface area contributed by atoms with Crippen LogP contribution < -0.4 is 4.74 Å². The normalized spacial score (nSPS) is 10.5. The molecular weight excluding hydrogens is 343 g/mol. The smallest absolute Gasteiger partial charge is 0.341 e. The van der Waals surface area contributed by atoms with E-state index in [0.29, 0.717) is 21.5 Å². The van der Waals surface area contributed by atoms with Gasteiger partial charge in [-0.1, -0.05) is 15.9 Å². The first-order valence-electron chi connectivity index (χ1n) is 6.28. The Morgan fingerprint density at radius 3 is 2.86 bits per heavy atom. The van der Waals surface area contributed by atoms with Crippen molar-refractivity contribution in [1.29, 1.82) is 0 Å². The number of benzene rings is 1. The zero-order valence-electron chi connectivity index (χ0n) is 11.6. The summed E-state index contributed by atoms with van der Waals surface area (Å²) in [6.45, 7) is 2.10. The van der Waals surface area contributed by atoms with E-state index in [1.807, 2.05) is 0 Å². The van der Waals surface area contributed by atoms with Gasteiger partial charge in [0.1, 0.15) is 23.7 Å². The van der Waals surface area contributed by atoms with Crippen LogP contribution in [0.3, 0.4) is 0 Å². The maximum Gasteiger partial charge on any atom is 0.341 e. The van der Waals surface area contributed by atoms with Crippen molar-refractivity contribution in [1.82, 2.24) is 9.78 Å². The summed E-state index contributed by atoms with van der Waals surface area (Å²) < 4.78 is 25.9. The highest BCUT2D eigenvalue weighted by Crippen LogP contribution is 2.22. The van der Waals surface area contributed by atoms with E-state index in [0.717, 1.165) is 0 Å². The van der Waals surface area contributed by atoms with E-state index in [9.17, 15) is 9.18 Å². The number of rotatable bonds is 5. The van der Waals surface area contributed by atoms with Gasteiger partial charge in [0.25, 0.3) is 0 Å². The third-order valence-electron chi connectivity index (χ3n) is 2.77. The van der Waals surface area contributed by atoms with E-state index in [4.69, 9.17) is 9.47 Å². The summed E-state index contributed by atoms with van der Waals surface area (Å²) in [5.41, 5.74) is 0.906. The summed E-state index contributed by atoms with van der Waals surface area (Å²) in [5, 5.41) is 4.02. The molecule has 0 atom stereocenters. The van der Waals surface area contributed by atoms with Gasteiger partial charge in [0.05, 0.1) is 18.5 Å². The predicted molar refractivity (Wildman–Crippen MR) is 77.6 cm³/mol. The first kappa shape index (κ1) is 15.5. The largest absolute Gasteiger partial charge is 0.487 e. The van der Waals surface area contributed by atoms with Crippen molar-refractivity contribution in [3.63, 3.8) is 0 Å². The Morgan fingerprint density at radius 1 is 1.43 bits per heavy atom. The third kappa shape index (κ3) is 3.81. The Morgan fingerprint density at radius 2 is 2.19 bits per heavy atom. The number of aryl methyl sites for hydroxylation is 1. The molecule has 0 aliphatic heterocycles. The van der Waals surface area contributed by atoms with Gasteiger partial charge in [-0.05, 0) is 19.1 Å². The van der Waals surface area contributed by atoms with Crippen molar-refractivity contribution in [3.05, 3.63) is 45.9 Å². The SMILES string of the molecule is CCOC(=O)c1cnn(C)c1COc1cc(F)cc(Br)c1. The summed E-state index contributed by atoms with van der Waals surface area (Å²) in [5.74, 6) is -0.502. The fourth-order valence-corrected chi connectivity index (χ4v) is 2.22. The van der Waals surface area contributed by atoms with Crippen molar-refractivity contribution >= 4 is 21.9 Å². The van der Waals surface area contributed by atoms with Crippen LogP contribution in [0.1, 0.15) is 23.0 Å². The molecule has 0 amide bonds. The Balaban J connectivity index is 2.16. The van der Waals surface area contributed by atoms with E-state index in [2.05, 4.69) is 21.0 Å². The Hall–Kier alpha value is -1.89. The second kappa shape index (κ2) is 6.71. The van der Waals surface area contributed by atoms with Crippen molar-refractivity contribution in [2.45, 2.75) is 13.5 Å². The molecule has 1 aromatic heterocycles. The molecular formula is C14H14BrFN2O3. The van der Waals surface area contributed by atoms with Gasteiger partial charge in [-0.3, -0.25) is 4.68 Å². The molecule has 0 unspecified atom stereocenters. The second-order valence-corrected chi connectivity index (χ2v) is 5.16. The number of hydrogen-bond acceptors (Lipinski definition) is 4. The maximum absolute atomic E-state index is 13.3. The minimum absolute atomic E-state index is 0.0839. The van der Waals surface area contributed by atoms with Crippen LogP contribution in [0.15, 0.2) is 28.9 Å². The average molecular weight is 357 g/mol. The van der Waals surface area contributed by atoms with Crippen molar-refractivity contribution in [2.75, 3.05) is 6.61 Å². The predicted octanol–water partition coefficient (Wildman–Crippen LogP) is 3.08. The van der Waals surface area contributed by atoms with E-state index in [1.165, 1.54) is 23.0 Å². The highest BCUT2D eigenvalue weighted by Gasteiger charge is 2.17. The number of carbonyl (C=O) groups excluding carboxylic acids is 1. The lowest BCUT2D eigenvalue weighted by Gasteiger charge is -2.09. The lowest BCUT2D eigenvalue weighted by molar-refractivity contribution is 0.0523. The standard InChI is InChI=1S/C14H14BrFN2O3/c1-3-20-14(19)12-7-17-18(2)13(12)8-21-11-5-9(15)4-10(16)6-11/h4-7H,3,8H2,1-2H3. The van der Waals surface area contributed by atoms with Gasteiger partial charge < -0.3 is 9.47 Å². The first-order valence-corrected chi connectivity index (χ1v) is 7.07. The molecule has 112 valence electrons. The van der Waals surface area contributed by atoms with E-state index in [-0.39, 0.29) is 13.2 Å². The van der Waals surface area contributed by atoms with Crippen LogP contribution in [0.5, 0.6) is 5.75 Å². The van der Waals surface area contributed by atoms with Crippen LogP contribution >= 0.6 is 15.9 Å². The second-order valence-electron chi connectivity index (χ2n) is 4.24. The van der Waals surface area contributed by atoms with E-state index >= 15 is 0 Å². The van der Waals surface area contributed by atoms with Crippen LogP contribution in [-0.2, 0) is 18.4 Å². The highest BCUT2D eigenvalue weighted by molar-refractivity contribution is 9.10. The number of esters is 1. The molecule has 0 aliphatic carbocycles. The molecule has 21 heavy (non-hydrogen) atoms. The number of halogens is 2. The van der Waals surface area contributed by atoms with Gasteiger partial charge in [-0.2, -0.15) is 5.10 Å². The van der Waals surface area contributed by atoms with Crippen molar-refractivity contribution in [2.24, 2.45) is 7.05 Å². The molecule has 0 saturated heterocycles. The van der Waals surface area contributed by atoms with Crippen molar-refractivity contribution < 1.29 is 18.7 Å². The zero-order valence-corrected chi connectivity index (χ0v) is 13.2. The van der Waals surface area contributed by atoms with Crippen LogP contribution in [0.25, 0.3) is 0 Å². The van der Waals surface area contributed by atoms with Crippen LogP contribution in [-0.4, -0.2) is 22.4 Å². The van der Waals surface area contributed by atoms with Gasteiger partial charge in [-0.15, -0.1) is 0 Å². The van der Waals surface area contributed by atoms with Gasteiger partial charge in [-0.25, -0.2) is 9.18 Å². The van der Waals surface area contributed by atoms with Crippen molar-refractivity contribution in [3.8, 4) is 5.75 Å². The Labute approximate surface area is 129 Å². The number of ether oxygens (including phenoxy) is 2. The first-order chi connectivity index (χ1) is 10.0. The molecule has 1 aromatic carbocycles. The molecule has 0 N–H and O–H groups in total. The summed E-state index contributed by atoms with van der Waals surface area (Å²) in [4.78, 5) is 11.8. The van der Waals surface area contributed by atoms with Gasteiger partial charge in [0, 0.05) is 17.6 Å². The molecule has 0 saturated carbocycles. The van der Waals surface area contributed by atoms with Gasteiger partial charge >= 0.3 is 5.97 Å². The van der Waals surface area contributed by atoms with E-state index < -0.39 is 11.8 Å². The molecule has 2 aromatic rings. The number of nitrogens with zero attached hydrogens (tertiary/aromatic N) is 2. The lowest BCUT2D eigenvalue weighted by Crippen LogP contribution is -2.11. The summed E-state index contributed by atoms with van der Waals surface area (Å²) in [6.07, 6.45) is 1.43. The fraction of sp³-hybridized carbons (Fsp3) is 0.286. The van der Waals surface area contributed by atoms with Crippen LogP contribution in [0, 0.1) is 5.82 Å². The fourth-order valence-electron chi connectivity index (χ4n) is 1.78. The molecule has 0 aliphatic rings. The maximum atomic E-state index is 13.3. The number of hydrogen-bond donors (Lipinski definition) is 0. The Bertz CT molecular complexity index is 637. The van der Waals surface area contributed by atoms with Gasteiger partial charge in [0.15, 0.2) is 0 Å². The monoisotopic (exact) mass is 356 g/mol. The minimum Gasteiger partial charge on any atom is -0.487 e. The van der Waals surface area contributed by atoms with Crippen LogP contribution in [0.4, 0.5) is 4.39 Å². The molecule has 2 rings (SSSR count). The molecule has 0 bridgehead atoms. The molecule has 0 fully saturated rings. The summed E-state index contributed by atoms with van der Waals surface area (Å²) >= 11 is 3.19.